The molecule has 4 unspecified atom stereocenters. The van der Waals surface area contributed by atoms with E-state index in [1.165, 1.54) is 27.8 Å². The zero-order valence-corrected chi connectivity index (χ0v) is 19.3. The van der Waals surface area contributed by atoms with Gasteiger partial charge in [0.2, 0.25) is 0 Å². The highest BCUT2D eigenvalue weighted by Gasteiger charge is 2.40. The van der Waals surface area contributed by atoms with E-state index in [0.717, 1.165) is 19.3 Å². The second-order valence-electron chi connectivity index (χ2n) is 10.1. The molecule has 0 bridgehead atoms. The molecule has 0 heterocycles. The summed E-state index contributed by atoms with van der Waals surface area (Å²) in [6.45, 7) is 11.7. The molecule has 0 N–H and O–H groups in total. The molecule has 2 aromatic rings. The van der Waals surface area contributed by atoms with Crippen LogP contribution in [0.25, 0.3) is 0 Å². The highest BCUT2D eigenvalue weighted by Crippen LogP contribution is 2.48. The Balaban J connectivity index is 1.62. The summed E-state index contributed by atoms with van der Waals surface area (Å²) in [5.41, 5.74) is 7.49. The molecule has 4 atom stereocenters. The Hall–Kier alpha value is -2.34. The van der Waals surface area contributed by atoms with Crippen LogP contribution in [0.3, 0.4) is 0 Å². The zero-order valence-electron chi connectivity index (χ0n) is 19.3. The maximum atomic E-state index is 2.48. The maximum Gasteiger partial charge on any atom is 0.0141 e. The summed E-state index contributed by atoms with van der Waals surface area (Å²) < 4.78 is 0. The lowest BCUT2D eigenvalue weighted by atomic mass is 9.60. The molecule has 0 saturated carbocycles. The van der Waals surface area contributed by atoms with Crippen molar-refractivity contribution in [1.29, 1.82) is 0 Å². The average molecular weight is 397 g/mol. The van der Waals surface area contributed by atoms with Crippen molar-refractivity contribution < 1.29 is 0 Å². The van der Waals surface area contributed by atoms with E-state index < -0.39 is 0 Å². The number of allylic oxidation sites excluding steroid dienone is 6. The first-order valence-corrected chi connectivity index (χ1v) is 11.5. The molecule has 30 heavy (non-hydrogen) atoms. The third-order valence-corrected chi connectivity index (χ3v) is 7.94. The number of aryl methyl sites for hydroxylation is 1. The Morgan fingerprint density at radius 1 is 0.900 bits per heavy atom. The topological polar surface area (TPSA) is 0 Å². The first-order valence-electron chi connectivity index (χ1n) is 11.5. The third-order valence-electron chi connectivity index (χ3n) is 7.94. The second kappa shape index (κ2) is 8.06. The molecule has 0 heteroatoms. The minimum Gasteiger partial charge on any atom is -0.0882 e. The summed E-state index contributed by atoms with van der Waals surface area (Å²) in [4.78, 5) is 0. The van der Waals surface area contributed by atoms with Gasteiger partial charge in [0.1, 0.15) is 0 Å². The monoisotopic (exact) mass is 396 g/mol. The van der Waals surface area contributed by atoms with Crippen molar-refractivity contribution in [3.63, 3.8) is 0 Å². The Morgan fingerprint density at radius 3 is 2.30 bits per heavy atom. The summed E-state index contributed by atoms with van der Waals surface area (Å²) in [6.07, 6.45) is 15.2. The van der Waals surface area contributed by atoms with E-state index in [1.807, 2.05) is 0 Å². The molecule has 0 aliphatic heterocycles. The predicted octanol–water partition coefficient (Wildman–Crippen LogP) is 8.19. The first-order chi connectivity index (χ1) is 14.3. The van der Waals surface area contributed by atoms with Gasteiger partial charge in [-0.1, -0.05) is 105 Å². The largest absolute Gasteiger partial charge is 0.0882 e. The quantitative estimate of drug-likeness (QED) is 0.457. The Morgan fingerprint density at radius 2 is 1.63 bits per heavy atom. The van der Waals surface area contributed by atoms with Crippen LogP contribution in [0, 0.1) is 12.8 Å². The van der Waals surface area contributed by atoms with Crippen LogP contribution in [-0.2, 0) is 10.8 Å². The molecule has 0 amide bonds. The van der Waals surface area contributed by atoms with E-state index in [4.69, 9.17) is 0 Å². The van der Waals surface area contributed by atoms with Crippen LogP contribution >= 0.6 is 0 Å². The van der Waals surface area contributed by atoms with Gasteiger partial charge in [-0.3, -0.25) is 0 Å². The van der Waals surface area contributed by atoms with Crippen molar-refractivity contribution in [3.05, 3.63) is 107 Å². The molecule has 2 aromatic carbocycles. The molecule has 2 aliphatic carbocycles. The van der Waals surface area contributed by atoms with Gasteiger partial charge in [0.05, 0.1) is 0 Å². The maximum absolute atomic E-state index is 2.48. The lowest BCUT2D eigenvalue weighted by Gasteiger charge is -2.44. The van der Waals surface area contributed by atoms with Gasteiger partial charge in [-0.25, -0.2) is 0 Å². The van der Waals surface area contributed by atoms with Crippen molar-refractivity contribution in [2.45, 2.75) is 70.6 Å². The van der Waals surface area contributed by atoms with E-state index in [1.54, 1.807) is 0 Å². The normalized spacial score (nSPS) is 29.5. The molecule has 4 rings (SSSR count). The fraction of sp³-hybridized carbons (Fsp3) is 0.400. The van der Waals surface area contributed by atoms with Gasteiger partial charge < -0.3 is 0 Å². The van der Waals surface area contributed by atoms with E-state index in [0.29, 0.717) is 11.8 Å². The zero-order chi connectivity index (χ0) is 21.4. The highest BCUT2D eigenvalue weighted by molar-refractivity contribution is 5.41. The van der Waals surface area contributed by atoms with Gasteiger partial charge in [-0.2, -0.15) is 0 Å². The second-order valence-corrected chi connectivity index (χ2v) is 10.1. The van der Waals surface area contributed by atoms with Crippen LogP contribution in [0.2, 0.25) is 0 Å². The van der Waals surface area contributed by atoms with Gasteiger partial charge in [-0.15, -0.1) is 0 Å². The van der Waals surface area contributed by atoms with Crippen molar-refractivity contribution in [2.24, 2.45) is 5.92 Å². The first kappa shape index (κ1) is 20.9. The summed E-state index contributed by atoms with van der Waals surface area (Å²) in [5.74, 6) is 1.12. The smallest absolute Gasteiger partial charge is 0.0141 e. The Labute approximate surface area is 183 Å². The lowest BCUT2D eigenvalue weighted by molar-refractivity contribution is 0.245. The van der Waals surface area contributed by atoms with Crippen LogP contribution in [0.15, 0.2) is 84.5 Å². The summed E-state index contributed by atoms with van der Waals surface area (Å²) in [5, 5.41) is 0. The Bertz CT molecular complexity index is 987. The molecule has 0 radical (unpaired) electrons. The highest BCUT2D eigenvalue weighted by atomic mass is 14.4. The van der Waals surface area contributed by atoms with E-state index in [2.05, 4.69) is 114 Å². The van der Waals surface area contributed by atoms with Gasteiger partial charge in [-0.05, 0) is 72.6 Å². The molecule has 0 saturated heterocycles. The molecular weight excluding hydrogens is 360 g/mol. The number of hydrogen-bond donors (Lipinski definition) is 0. The number of hydrogen-bond acceptors (Lipinski definition) is 0. The number of rotatable bonds is 4. The molecule has 156 valence electrons. The van der Waals surface area contributed by atoms with Gasteiger partial charge in [0, 0.05) is 5.41 Å². The van der Waals surface area contributed by atoms with Crippen LogP contribution in [-0.4, -0.2) is 0 Å². The molecule has 0 spiro atoms. The molecular formula is C30H36. The van der Waals surface area contributed by atoms with Crippen LogP contribution < -0.4 is 0 Å². The van der Waals surface area contributed by atoms with Crippen LogP contribution in [0.5, 0.6) is 0 Å². The van der Waals surface area contributed by atoms with E-state index >= 15 is 0 Å². The fourth-order valence-electron chi connectivity index (χ4n) is 5.70. The standard InChI is InChI=1S/C30H36/c1-22-17-20-29(4,21-18-22)26-15-13-25(14-16-26)24(3)28-12-8-9-19-30(28,5)27-11-7-6-10-23(27)2/h6-11,13-18,20,24,28H,12,19,21H2,1-5H3. The summed E-state index contributed by atoms with van der Waals surface area (Å²) in [6, 6.07) is 18.5. The predicted molar refractivity (Wildman–Crippen MR) is 130 cm³/mol. The van der Waals surface area contributed by atoms with Gasteiger partial charge in [0.25, 0.3) is 0 Å². The average Bonchev–Trinajstić information content (AvgIpc) is 2.76. The van der Waals surface area contributed by atoms with Crippen molar-refractivity contribution in [1.82, 2.24) is 0 Å². The fourth-order valence-corrected chi connectivity index (χ4v) is 5.70. The van der Waals surface area contributed by atoms with Crippen molar-refractivity contribution >= 4 is 0 Å². The number of benzene rings is 2. The van der Waals surface area contributed by atoms with E-state index in [-0.39, 0.29) is 10.8 Å². The molecule has 0 aromatic heterocycles. The molecule has 0 fully saturated rings. The van der Waals surface area contributed by atoms with E-state index in [9.17, 15) is 0 Å². The van der Waals surface area contributed by atoms with Gasteiger partial charge in [0.15, 0.2) is 0 Å². The summed E-state index contributed by atoms with van der Waals surface area (Å²) in [7, 11) is 0. The van der Waals surface area contributed by atoms with Crippen LogP contribution in [0.4, 0.5) is 0 Å². The SMILES string of the molecule is CC1=CCC(C)(c2ccc(C(C)C3CC=CCC3(C)c3ccccc3C)cc2)C=C1. The molecule has 0 nitrogen and oxygen atoms in total. The Kier molecular flexibility index (Phi) is 5.62. The van der Waals surface area contributed by atoms with Gasteiger partial charge >= 0.3 is 0 Å². The van der Waals surface area contributed by atoms with Crippen molar-refractivity contribution in [3.8, 4) is 0 Å². The summed E-state index contributed by atoms with van der Waals surface area (Å²) >= 11 is 0. The minimum absolute atomic E-state index is 0.116. The van der Waals surface area contributed by atoms with Crippen LogP contribution in [0.1, 0.15) is 75.1 Å². The minimum atomic E-state index is 0.116. The van der Waals surface area contributed by atoms with Crippen molar-refractivity contribution in [2.75, 3.05) is 0 Å². The lowest BCUT2D eigenvalue weighted by Crippen LogP contribution is -2.37. The third kappa shape index (κ3) is 3.73. The molecule has 2 aliphatic rings.